The van der Waals surface area contributed by atoms with Crippen molar-refractivity contribution in [1.82, 2.24) is 19.6 Å². The number of hydrogen-bond donors (Lipinski definition) is 1. The SMILES string of the molecule is Cc1nn(CCC(=O)O)c(=O)c2nn(-c3ccc(Cl)cc3)c(C)c12. The van der Waals surface area contributed by atoms with Gasteiger partial charge in [-0.1, -0.05) is 11.6 Å². The lowest BCUT2D eigenvalue weighted by molar-refractivity contribution is -0.137. The number of halogens is 1. The summed E-state index contributed by atoms with van der Waals surface area (Å²) in [7, 11) is 0. The smallest absolute Gasteiger partial charge is 0.305 e. The predicted molar refractivity (Wildman–Crippen MR) is 89.9 cm³/mol. The molecule has 24 heavy (non-hydrogen) atoms. The fourth-order valence-electron chi connectivity index (χ4n) is 2.67. The molecule has 0 saturated heterocycles. The van der Waals surface area contributed by atoms with Crippen molar-refractivity contribution in [2.45, 2.75) is 26.8 Å². The van der Waals surface area contributed by atoms with Crippen LogP contribution in [0.15, 0.2) is 29.1 Å². The number of carbonyl (C=O) groups is 1. The Labute approximate surface area is 142 Å². The van der Waals surface area contributed by atoms with Gasteiger partial charge in [-0.25, -0.2) is 9.36 Å². The molecule has 3 rings (SSSR count). The number of aliphatic carboxylic acids is 1. The topological polar surface area (TPSA) is 90.0 Å². The van der Waals surface area contributed by atoms with Gasteiger partial charge in [0.05, 0.1) is 35.4 Å². The molecule has 1 aromatic carbocycles. The molecule has 0 atom stereocenters. The summed E-state index contributed by atoms with van der Waals surface area (Å²) in [5.41, 5.74) is 2.09. The third kappa shape index (κ3) is 2.78. The van der Waals surface area contributed by atoms with E-state index in [-0.39, 0.29) is 18.5 Å². The minimum absolute atomic E-state index is 0.0117. The molecule has 7 nitrogen and oxygen atoms in total. The van der Waals surface area contributed by atoms with E-state index in [2.05, 4.69) is 10.2 Å². The van der Waals surface area contributed by atoms with Crippen LogP contribution in [0.4, 0.5) is 0 Å². The van der Waals surface area contributed by atoms with Crippen molar-refractivity contribution in [3.05, 3.63) is 51.0 Å². The van der Waals surface area contributed by atoms with Gasteiger partial charge in [-0.3, -0.25) is 9.59 Å². The summed E-state index contributed by atoms with van der Waals surface area (Å²) in [4.78, 5) is 23.3. The molecular formula is C16H15ClN4O3. The molecule has 0 radical (unpaired) electrons. The number of rotatable bonds is 4. The van der Waals surface area contributed by atoms with Crippen molar-refractivity contribution >= 4 is 28.5 Å². The highest BCUT2D eigenvalue weighted by Crippen LogP contribution is 2.22. The Morgan fingerprint density at radius 3 is 2.50 bits per heavy atom. The van der Waals surface area contributed by atoms with Crippen molar-refractivity contribution in [1.29, 1.82) is 0 Å². The van der Waals surface area contributed by atoms with E-state index in [0.717, 1.165) is 16.1 Å². The third-order valence-corrected chi connectivity index (χ3v) is 4.05. The largest absolute Gasteiger partial charge is 0.481 e. The molecule has 124 valence electrons. The van der Waals surface area contributed by atoms with Gasteiger partial charge >= 0.3 is 5.97 Å². The number of aryl methyl sites for hydroxylation is 3. The maximum atomic E-state index is 12.6. The van der Waals surface area contributed by atoms with Gasteiger partial charge in [0, 0.05) is 5.02 Å². The lowest BCUT2D eigenvalue weighted by atomic mass is 10.2. The Bertz CT molecular complexity index is 989. The number of aromatic nitrogens is 4. The fourth-order valence-corrected chi connectivity index (χ4v) is 2.80. The molecular weight excluding hydrogens is 332 g/mol. The second kappa shape index (κ2) is 6.09. The third-order valence-electron chi connectivity index (χ3n) is 3.79. The maximum absolute atomic E-state index is 12.6. The molecule has 0 amide bonds. The van der Waals surface area contributed by atoms with Gasteiger partial charge in [0.2, 0.25) is 0 Å². The highest BCUT2D eigenvalue weighted by molar-refractivity contribution is 6.30. The Hall–Kier alpha value is -2.67. The lowest BCUT2D eigenvalue weighted by Crippen LogP contribution is -2.25. The Morgan fingerprint density at radius 2 is 1.88 bits per heavy atom. The van der Waals surface area contributed by atoms with Gasteiger partial charge in [-0.15, -0.1) is 0 Å². The number of carboxylic acid groups (broad SMARTS) is 1. The normalized spacial score (nSPS) is 11.1. The van der Waals surface area contributed by atoms with E-state index < -0.39 is 11.5 Å². The molecule has 0 spiro atoms. The van der Waals surface area contributed by atoms with E-state index in [9.17, 15) is 9.59 Å². The summed E-state index contributed by atoms with van der Waals surface area (Å²) in [5.74, 6) is -0.982. The summed E-state index contributed by atoms with van der Waals surface area (Å²) in [5, 5.41) is 18.7. The van der Waals surface area contributed by atoms with Crippen LogP contribution in [0, 0.1) is 13.8 Å². The predicted octanol–water partition coefficient (Wildman–Crippen LogP) is 2.33. The molecule has 0 aliphatic rings. The van der Waals surface area contributed by atoms with E-state index in [0.29, 0.717) is 16.1 Å². The van der Waals surface area contributed by atoms with Gasteiger partial charge < -0.3 is 5.11 Å². The van der Waals surface area contributed by atoms with Crippen LogP contribution in [0.2, 0.25) is 5.02 Å². The number of benzene rings is 1. The van der Waals surface area contributed by atoms with E-state index in [1.807, 2.05) is 19.1 Å². The average Bonchev–Trinajstić information content (AvgIpc) is 2.88. The summed E-state index contributed by atoms with van der Waals surface area (Å²) >= 11 is 5.91. The molecule has 1 N–H and O–H groups in total. The van der Waals surface area contributed by atoms with Gasteiger partial charge in [0.1, 0.15) is 0 Å². The van der Waals surface area contributed by atoms with E-state index >= 15 is 0 Å². The van der Waals surface area contributed by atoms with Crippen LogP contribution in [-0.4, -0.2) is 30.6 Å². The zero-order valence-electron chi connectivity index (χ0n) is 13.2. The number of carboxylic acids is 1. The van der Waals surface area contributed by atoms with Gasteiger partial charge in [0.25, 0.3) is 5.56 Å². The summed E-state index contributed by atoms with van der Waals surface area (Å²) < 4.78 is 2.82. The maximum Gasteiger partial charge on any atom is 0.305 e. The summed E-state index contributed by atoms with van der Waals surface area (Å²) in [6.07, 6.45) is -0.172. The first-order valence-corrected chi connectivity index (χ1v) is 7.71. The highest BCUT2D eigenvalue weighted by atomic mass is 35.5. The Balaban J connectivity index is 2.18. The van der Waals surface area contributed by atoms with Crippen LogP contribution in [-0.2, 0) is 11.3 Å². The van der Waals surface area contributed by atoms with Gasteiger partial charge in [-0.2, -0.15) is 10.2 Å². The molecule has 0 bridgehead atoms. The number of nitrogens with zero attached hydrogens (tertiary/aromatic N) is 4. The zero-order valence-corrected chi connectivity index (χ0v) is 13.9. The van der Waals surface area contributed by atoms with Crippen LogP contribution >= 0.6 is 11.6 Å². The second-order valence-electron chi connectivity index (χ2n) is 5.45. The van der Waals surface area contributed by atoms with Crippen LogP contribution in [0.1, 0.15) is 17.8 Å². The van der Waals surface area contributed by atoms with Crippen molar-refractivity contribution in [3.63, 3.8) is 0 Å². The number of fused-ring (bicyclic) bond motifs is 1. The number of hydrogen-bond acceptors (Lipinski definition) is 4. The first kappa shape index (κ1) is 16.2. The van der Waals surface area contributed by atoms with E-state index in [1.165, 1.54) is 0 Å². The van der Waals surface area contributed by atoms with Crippen molar-refractivity contribution in [2.75, 3.05) is 0 Å². The zero-order chi connectivity index (χ0) is 17.4. The molecule has 0 aliphatic carbocycles. The van der Waals surface area contributed by atoms with Crippen LogP contribution in [0.25, 0.3) is 16.6 Å². The monoisotopic (exact) mass is 346 g/mol. The standard InChI is InChI=1S/C16H15ClN4O3/c1-9-14-10(2)21(12-5-3-11(17)4-6-12)19-15(14)16(24)20(18-9)8-7-13(22)23/h3-6H,7-8H2,1-2H3,(H,22,23). The summed E-state index contributed by atoms with van der Waals surface area (Å²) in [6.45, 7) is 3.65. The molecule has 2 aromatic heterocycles. The first-order chi connectivity index (χ1) is 11.4. The highest BCUT2D eigenvalue weighted by Gasteiger charge is 2.17. The molecule has 0 fully saturated rings. The van der Waals surface area contributed by atoms with Crippen LogP contribution in [0.5, 0.6) is 0 Å². The molecule has 8 heteroatoms. The van der Waals surface area contributed by atoms with E-state index in [4.69, 9.17) is 16.7 Å². The molecule has 2 heterocycles. The van der Waals surface area contributed by atoms with Crippen LogP contribution < -0.4 is 5.56 Å². The summed E-state index contributed by atoms with van der Waals surface area (Å²) in [6, 6.07) is 7.12. The van der Waals surface area contributed by atoms with Gasteiger partial charge in [-0.05, 0) is 38.1 Å². The molecule has 0 aliphatic heterocycles. The fraction of sp³-hybridized carbons (Fsp3) is 0.250. The lowest BCUT2D eigenvalue weighted by Gasteiger charge is -2.05. The van der Waals surface area contributed by atoms with Crippen molar-refractivity contribution in [3.8, 4) is 5.69 Å². The molecule has 3 aromatic rings. The van der Waals surface area contributed by atoms with Crippen LogP contribution in [0.3, 0.4) is 0 Å². The Kier molecular flexibility index (Phi) is 4.11. The average molecular weight is 347 g/mol. The molecule has 0 saturated carbocycles. The Morgan fingerprint density at radius 1 is 1.21 bits per heavy atom. The van der Waals surface area contributed by atoms with Gasteiger partial charge in [0.15, 0.2) is 5.52 Å². The second-order valence-corrected chi connectivity index (χ2v) is 5.89. The minimum Gasteiger partial charge on any atom is -0.481 e. The minimum atomic E-state index is -0.982. The van der Waals surface area contributed by atoms with Crippen molar-refractivity contribution in [2.24, 2.45) is 0 Å². The van der Waals surface area contributed by atoms with Crippen molar-refractivity contribution < 1.29 is 9.90 Å². The molecule has 0 unspecified atom stereocenters. The first-order valence-electron chi connectivity index (χ1n) is 7.33. The quantitative estimate of drug-likeness (QED) is 0.783. The van der Waals surface area contributed by atoms with E-state index in [1.54, 1.807) is 23.7 Å².